The number of ether oxygens (including phenoxy) is 1. The van der Waals surface area contributed by atoms with E-state index in [1.165, 1.54) is 19.6 Å². The molecule has 1 fully saturated rings. The Labute approximate surface area is 88.0 Å². The van der Waals surface area contributed by atoms with Crippen LogP contribution >= 0.6 is 0 Å². The lowest BCUT2D eigenvalue weighted by atomic mass is 10.1. The van der Waals surface area contributed by atoms with Gasteiger partial charge in [-0.05, 0) is 20.8 Å². The molecule has 0 N–H and O–H groups in total. The van der Waals surface area contributed by atoms with Crippen molar-refractivity contribution in [3.05, 3.63) is 0 Å². The summed E-state index contributed by atoms with van der Waals surface area (Å²) in [7, 11) is 1.77. The van der Waals surface area contributed by atoms with Crippen LogP contribution in [0.25, 0.3) is 0 Å². The SMILES string of the molecule is COCCN1CCN(C(C)C)CC1C. The van der Waals surface area contributed by atoms with Gasteiger partial charge in [-0.1, -0.05) is 0 Å². The summed E-state index contributed by atoms with van der Waals surface area (Å²) in [6, 6.07) is 1.35. The van der Waals surface area contributed by atoms with E-state index in [1.807, 2.05) is 0 Å². The van der Waals surface area contributed by atoms with Gasteiger partial charge in [0.25, 0.3) is 0 Å². The van der Waals surface area contributed by atoms with Gasteiger partial charge in [-0.2, -0.15) is 0 Å². The molecule has 14 heavy (non-hydrogen) atoms. The van der Waals surface area contributed by atoms with Crippen LogP contribution in [0.15, 0.2) is 0 Å². The number of hydrogen-bond acceptors (Lipinski definition) is 3. The number of rotatable bonds is 4. The molecule has 0 bridgehead atoms. The molecule has 0 amide bonds. The van der Waals surface area contributed by atoms with Crippen molar-refractivity contribution >= 4 is 0 Å². The minimum Gasteiger partial charge on any atom is -0.383 e. The van der Waals surface area contributed by atoms with E-state index in [4.69, 9.17) is 4.74 Å². The second-order valence-corrected chi connectivity index (χ2v) is 4.47. The summed E-state index contributed by atoms with van der Waals surface area (Å²) in [5.41, 5.74) is 0. The first-order valence-corrected chi connectivity index (χ1v) is 5.62. The Morgan fingerprint density at radius 3 is 2.57 bits per heavy atom. The summed E-state index contributed by atoms with van der Waals surface area (Å²) < 4.78 is 5.11. The first kappa shape index (κ1) is 12.0. The zero-order valence-corrected chi connectivity index (χ0v) is 9.99. The predicted molar refractivity (Wildman–Crippen MR) is 59.6 cm³/mol. The third-order valence-electron chi connectivity index (χ3n) is 3.11. The molecule has 1 atom stereocenters. The fourth-order valence-corrected chi connectivity index (χ4v) is 2.03. The van der Waals surface area contributed by atoms with Crippen LogP contribution in [-0.4, -0.2) is 61.8 Å². The first-order valence-electron chi connectivity index (χ1n) is 5.62. The molecule has 84 valence electrons. The van der Waals surface area contributed by atoms with Gasteiger partial charge in [0.2, 0.25) is 0 Å². The molecule has 0 spiro atoms. The molecule has 0 radical (unpaired) electrons. The average Bonchev–Trinajstić information content (AvgIpc) is 2.15. The molecule has 1 heterocycles. The van der Waals surface area contributed by atoms with E-state index < -0.39 is 0 Å². The van der Waals surface area contributed by atoms with Crippen LogP contribution in [0.2, 0.25) is 0 Å². The Bertz CT molecular complexity index is 161. The molecule has 1 unspecified atom stereocenters. The Hall–Kier alpha value is -0.120. The van der Waals surface area contributed by atoms with E-state index in [0.29, 0.717) is 12.1 Å². The maximum absolute atomic E-state index is 5.11. The topological polar surface area (TPSA) is 15.7 Å². The lowest BCUT2D eigenvalue weighted by molar-refractivity contribution is 0.0457. The van der Waals surface area contributed by atoms with Gasteiger partial charge in [0.15, 0.2) is 0 Å². The van der Waals surface area contributed by atoms with E-state index in [9.17, 15) is 0 Å². The van der Waals surface area contributed by atoms with Crippen LogP contribution in [0.5, 0.6) is 0 Å². The molecule has 0 saturated carbocycles. The quantitative estimate of drug-likeness (QED) is 0.674. The molecular weight excluding hydrogens is 176 g/mol. The van der Waals surface area contributed by atoms with Crippen LogP contribution in [-0.2, 0) is 4.74 Å². The van der Waals surface area contributed by atoms with Gasteiger partial charge in [-0.3, -0.25) is 9.80 Å². The van der Waals surface area contributed by atoms with Gasteiger partial charge in [-0.15, -0.1) is 0 Å². The Kier molecular flexibility index (Phi) is 4.85. The van der Waals surface area contributed by atoms with Crippen LogP contribution < -0.4 is 0 Å². The highest BCUT2D eigenvalue weighted by molar-refractivity contribution is 4.80. The van der Waals surface area contributed by atoms with Crippen molar-refractivity contribution in [2.24, 2.45) is 0 Å². The minimum atomic E-state index is 0.668. The smallest absolute Gasteiger partial charge is 0.0589 e. The maximum Gasteiger partial charge on any atom is 0.0589 e. The van der Waals surface area contributed by atoms with Crippen molar-refractivity contribution in [2.75, 3.05) is 39.9 Å². The summed E-state index contributed by atoms with van der Waals surface area (Å²) >= 11 is 0. The third kappa shape index (κ3) is 3.23. The van der Waals surface area contributed by atoms with Crippen molar-refractivity contribution < 1.29 is 4.74 Å². The van der Waals surface area contributed by atoms with Crippen LogP contribution in [0, 0.1) is 0 Å². The molecule has 3 heteroatoms. The van der Waals surface area contributed by atoms with E-state index in [0.717, 1.165) is 13.2 Å². The van der Waals surface area contributed by atoms with E-state index in [2.05, 4.69) is 30.6 Å². The molecule has 1 aliphatic rings. The summed E-state index contributed by atoms with van der Waals surface area (Å²) in [5, 5.41) is 0. The monoisotopic (exact) mass is 200 g/mol. The molecule has 0 aliphatic carbocycles. The first-order chi connectivity index (χ1) is 6.65. The van der Waals surface area contributed by atoms with Gasteiger partial charge >= 0.3 is 0 Å². The maximum atomic E-state index is 5.11. The Balaban J connectivity index is 2.32. The standard InChI is InChI=1S/C11H24N2O/c1-10(2)13-6-5-12(7-8-14-4)11(3)9-13/h10-11H,5-9H2,1-4H3. The lowest BCUT2D eigenvalue weighted by Crippen LogP contribution is -2.54. The second-order valence-electron chi connectivity index (χ2n) is 4.47. The third-order valence-corrected chi connectivity index (χ3v) is 3.11. The minimum absolute atomic E-state index is 0.668. The Morgan fingerprint density at radius 2 is 2.07 bits per heavy atom. The van der Waals surface area contributed by atoms with Crippen molar-refractivity contribution in [3.8, 4) is 0 Å². The number of methoxy groups -OCH3 is 1. The zero-order chi connectivity index (χ0) is 10.6. The van der Waals surface area contributed by atoms with E-state index in [-0.39, 0.29) is 0 Å². The van der Waals surface area contributed by atoms with Crippen LogP contribution in [0.4, 0.5) is 0 Å². The van der Waals surface area contributed by atoms with Crippen molar-refractivity contribution in [1.29, 1.82) is 0 Å². The highest BCUT2D eigenvalue weighted by Crippen LogP contribution is 2.11. The van der Waals surface area contributed by atoms with Crippen molar-refractivity contribution in [3.63, 3.8) is 0 Å². The molecule has 1 aliphatic heterocycles. The van der Waals surface area contributed by atoms with Crippen molar-refractivity contribution in [1.82, 2.24) is 9.80 Å². The molecular formula is C11H24N2O. The fourth-order valence-electron chi connectivity index (χ4n) is 2.03. The van der Waals surface area contributed by atoms with Crippen LogP contribution in [0.3, 0.4) is 0 Å². The number of nitrogens with zero attached hydrogens (tertiary/aromatic N) is 2. The van der Waals surface area contributed by atoms with Gasteiger partial charge < -0.3 is 4.74 Å². The molecule has 0 aromatic carbocycles. The largest absolute Gasteiger partial charge is 0.383 e. The van der Waals surface area contributed by atoms with Gasteiger partial charge in [-0.25, -0.2) is 0 Å². The summed E-state index contributed by atoms with van der Waals surface area (Å²) in [5.74, 6) is 0. The van der Waals surface area contributed by atoms with Gasteiger partial charge in [0.1, 0.15) is 0 Å². The second kappa shape index (κ2) is 5.69. The van der Waals surface area contributed by atoms with E-state index in [1.54, 1.807) is 7.11 Å². The molecule has 1 rings (SSSR count). The number of piperazine rings is 1. The summed E-state index contributed by atoms with van der Waals surface area (Å²) in [6.07, 6.45) is 0. The molecule has 0 aromatic heterocycles. The molecule has 0 aromatic rings. The van der Waals surface area contributed by atoms with Gasteiger partial charge in [0, 0.05) is 45.4 Å². The zero-order valence-electron chi connectivity index (χ0n) is 9.99. The van der Waals surface area contributed by atoms with Crippen molar-refractivity contribution in [2.45, 2.75) is 32.9 Å². The summed E-state index contributed by atoms with van der Waals surface area (Å²) in [4.78, 5) is 5.07. The highest BCUT2D eigenvalue weighted by Gasteiger charge is 2.24. The molecule has 1 saturated heterocycles. The lowest BCUT2D eigenvalue weighted by Gasteiger charge is -2.41. The van der Waals surface area contributed by atoms with Gasteiger partial charge in [0.05, 0.1) is 6.61 Å². The normalized spacial score (nSPS) is 25.9. The fraction of sp³-hybridized carbons (Fsp3) is 1.00. The molecule has 3 nitrogen and oxygen atoms in total. The highest BCUT2D eigenvalue weighted by atomic mass is 16.5. The number of hydrogen-bond donors (Lipinski definition) is 0. The van der Waals surface area contributed by atoms with Crippen LogP contribution in [0.1, 0.15) is 20.8 Å². The van der Waals surface area contributed by atoms with E-state index >= 15 is 0 Å². The average molecular weight is 200 g/mol. The summed E-state index contributed by atoms with van der Waals surface area (Å²) in [6.45, 7) is 12.4. The Morgan fingerprint density at radius 1 is 1.36 bits per heavy atom. The predicted octanol–water partition coefficient (Wildman–Crippen LogP) is 1.05.